The molecule has 0 saturated heterocycles. The number of nitriles is 1. The summed E-state index contributed by atoms with van der Waals surface area (Å²) in [6.07, 6.45) is 3.45. The van der Waals surface area contributed by atoms with Gasteiger partial charge in [0.05, 0.1) is 22.7 Å². The van der Waals surface area contributed by atoms with Crippen LogP contribution in [0.3, 0.4) is 0 Å². The fraction of sp³-hybridized carbons (Fsp3) is 0.190. The first kappa shape index (κ1) is 16.9. The highest BCUT2D eigenvalue weighted by molar-refractivity contribution is 5.88. The summed E-state index contributed by atoms with van der Waals surface area (Å²) in [5.74, 6) is 0.521. The van der Waals surface area contributed by atoms with Crippen LogP contribution in [0.25, 0.3) is 21.9 Å². The standard InChI is InChI=1S/C21H19N5O/c1-12-8-14(3-5-19(23)27)16(15-6-7-24-21(12)15)10-20-25-17-4-2-13(11-22)9-18(17)26-20/h2,4,6-9,24H,3,5,10H2,1H3,(H2,23,27)(H,25,26). The molecule has 0 aliphatic heterocycles. The number of carbonyl (C=O) groups excluding carboxylic acids is 1. The SMILES string of the molecule is Cc1cc(CCC(N)=O)c(Cc2nc3cc(C#N)ccc3[nH]2)c2cc[nH]c12. The van der Waals surface area contributed by atoms with Gasteiger partial charge in [-0.2, -0.15) is 5.26 Å². The first-order valence-corrected chi connectivity index (χ1v) is 8.80. The van der Waals surface area contributed by atoms with Crippen molar-refractivity contribution >= 4 is 27.8 Å². The molecular formula is C21H19N5O. The highest BCUT2D eigenvalue weighted by Crippen LogP contribution is 2.28. The summed E-state index contributed by atoms with van der Waals surface area (Å²) in [4.78, 5) is 22.6. The molecule has 2 aromatic heterocycles. The maximum Gasteiger partial charge on any atom is 0.217 e. The number of nitrogens with one attached hydrogen (secondary N) is 2. The van der Waals surface area contributed by atoms with Crippen LogP contribution >= 0.6 is 0 Å². The first-order chi connectivity index (χ1) is 13.0. The molecule has 0 atom stereocenters. The monoisotopic (exact) mass is 357 g/mol. The number of hydrogen-bond donors (Lipinski definition) is 3. The number of H-pyrrole nitrogens is 2. The van der Waals surface area contributed by atoms with E-state index < -0.39 is 0 Å². The summed E-state index contributed by atoms with van der Waals surface area (Å²) in [5, 5.41) is 10.2. The lowest BCUT2D eigenvalue weighted by atomic mass is 9.94. The third kappa shape index (κ3) is 3.15. The summed E-state index contributed by atoms with van der Waals surface area (Å²) in [5.41, 5.74) is 12.1. The predicted octanol–water partition coefficient (Wildman–Crippen LogP) is 3.23. The zero-order chi connectivity index (χ0) is 19.0. The Morgan fingerprint density at radius 1 is 1.30 bits per heavy atom. The van der Waals surface area contributed by atoms with Crippen LogP contribution in [0.15, 0.2) is 36.5 Å². The van der Waals surface area contributed by atoms with Crippen LogP contribution in [0, 0.1) is 18.3 Å². The van der Waals surface area contributed by atoms with Crippen LogP contribution in [0.2, 0.25) is 0 Å². The molecule has 0 bridgehead atoms. The number of aromatic nitrogens is 3. The van der Waals surface area contributed by atoms with Gasteiger partial charge in [-0.1, -0.05) is 6.07 Å². The molecule has 6 heteroatoms. The van der Waals surface area contributed by atoms with Crippen LogP contribution in [-0.4, -0.2) is 20.9 Å². The van der Waals surface area contributed by atoms with Gasteiger partial charge in [0.15, 0.2) is 0 Å². The quantitative estimate of drug-likeness (QED) is 0.510. The molecule has 0 radical (unpaired) electrons. The molecule has 134 valence electrons. The number of aryl methyl sites for hydroxylation is 2. The average molecular weight is 357 g/mol. The van der Waals surface area contributed by atoms with E-state index in [1.54, 1.807) is 12.1 Å². The topological polar surface area (TPSA) is 111 Å². The number of aromatic amines is 2. The number of hydrogen-bond acceptors (Lipinski definition) is 3. The fourth-order valence-corrected chi connectivity index (χ4v) is 3.61. The molecular weight excluding hydrogens is 338 g/mol. The normalized spacial score (nSPS) is 11.1. The molecule has 0 fully saturated rings. The zero-order valence-corrected chi connectivity index (χ0v) is 15.0. The van der Waals surface area contributed by atoms with Crippen LogP contribution in [-0.2, 0) is 17.6 Å². The number of carbonyl (C=O) groups is 1. The molecule has 1 amide bonds. The summed E-state index contributed by atoms with van der Waals surface area (Å²) in [6.45, 7) is 2.06. The molecule has 0 aliphatic carbocycles. The molecule has 0 aliphatic rings. The number of benzene rings is 2. The highest BCUT2D eigenvalue weighted by Gasteiger charge is 2.15. The minimum atomic E-state index is -0.305. The number of fused-ring (bicyclic) bond motifs is 2. The molecule has 4 aromatic rings. The van der Waals surface area contributed by atoms with E-state index in [1.165, 1.54) is 0 Å². The second-order valence-corrected chi connectivity index (χ2v) is 6.77. The summed E-state index contributed by atoms with van der Waals surface area (Å²) in [7, 11) is 0. The number of imidazole rings is 1. The molecule has 4 N–H and O–H groups in total. The smallest absolute Gasteiger partial charge is 0.217 e. The van der Waals surface area contributed by atoms with E-state index in [-0.39, 0.29) is 5.91 Å². The van der Waals surface area contributed by atoms with Gasteiger partial charge in [-0.25, -0.2) is 4.98 Å². The number of nitrogens with two attached hydrogens (primary N) is 1. The Labute approximate surface area is 156 Å². The summed E-state index contributed by atoms with van der Waals surface area (Å²) >= 11 is 0. The van der Waals surface area contributed by atoms with Gasteiger partial charge in [0.25, 0.3) is 0 Å². The number of rotatable bonds is 5. The van der Waals surface area contributed by atoms with Crippen LogP contribution in [0.1, 0.15) is 34.5 Å². The minimum Gasteiger partial charge on any atom is -0.370 e. The van der Waals surface area contributed by atoms with E-state index in [2.05, 4.69) is 40.1 Å². The fourth-order valence-electron chi connectivity index (χ4n) is 3.61. The van der Waals surface area contributed by atoms with Crippen molar-refractivity contribution in [2.24, 2.45) is 5.73 Å². The molecule has 0 spiro atoms. The lowest BCUT2D eigenvalue weighted by Crippen LogP contribution is -2.12. The third-order valence-electron chi connectivity index (χ3n) is 4.89. The molecule has 0 saturated carbocycles. The van der Waals surface area contributed by atoms with Crippen molar-refractivity contribution in [1.82, 2.24) is 15.0 Å². The highest BCUT2D eigenvalue weighted by atomic mass is 16.1. The lowest BCUT2D eigenvalue weighted by molar-refractivity contribution is -0.117. The van der Waals surface area contributed by atoms with Gasteiger partial charge in [-0.05, 0) is 54.3 Å². The van der Waals surface area contributed by atoms with Crippen LogP contribution in [0.4, 0.5) is 0 Å². The predicted molar refractivity (Wildman–Crippen MR) is 104 cm³/mol. The molecule has 2 heterocycles. The summed E-state index contributed by atoms with van der Waals surface area (Å²) < 4.78 is 0. The van der Waals surface area contributed by atoms with Crippen molar-refractivity contribution in [3.8, 4) is 6.07 Å². The van der Waals surface area contributed by atoms with Crippen LogP contribution in [0.5, 0.6) is 0 Å². The van der Waals surface area contributed by atoms with E-state index in [0.717, 1.165) is 44.5 Å². The van der Waals surface area contributed by atoms with Crippen molar-refractivity contribution in [2.75, 3.05) is 0 Å². The Morgan fingerprint density at radius 3 is 2.93 bits per heavy atom. The van der Waals surface area contributed by atoms with Crippen LogP contribution < -0.4 is 5.73 Å². The molecule has 27 heavy (non-hydrogen) atoms. The van der Waals surface area contributed by atoms with E-state index in [0.29, 0.717) is 24.8 Å². The number of nitrogens with zero attached hydrogens (tertiary/aromatic N) is 2. The number of primary amides is 1. The molecule has 6 nitrogen and oxygen atoms in total. The molecule has 4 rings (SSSR count). The Hall–Kier alpha value is -3.59. The van der Waals surface area contributed by atoms with Crippen molar-refractivity contribution in [3.63, 3.8) is 0 Å². The van der Waals surface area contributed by atoms with Gasteiger partial charge in [-0.3, -0.25) is 4.79 Å². The van der Waals surface area contributed by atoms with Gasteiger partial charge >= 0.3 is 0 Å². The van der Waals surface area contributed by atoms with E-state index in [4.69, 9.17) is 11.0 Å². The largest absolute Gasteiger partial charge is 0.370 e. The van der Waals surface area contributed by atoms with E-state index in [9.17, 15) is 4.79 Å². The van der Waals surface area contributed by atoms with E-state index >= 15 is 0 Å². The molecule has 0 unspecified atom stereocenters. The first-order valence-electron chi connectivity index (χ1n) is 8.80. The average Bonchev–Trinajstić information content (AvgIpc) is 3.28. The zero-order valence-electron chi connectivity index (χ0n) is 15.0. The molecule has 2 aromatic carbocycles. The van der Waals surface area contributed by atoms with Crippen molar-refractivity contribution in [1.29, 1.82) is 5.26 Å². The number of amides is 1. The van der Waals surface area contributed by atoms with Crippen molar-refractivity contribution in [3.05, 3.63) is 64.6 Å². The Bertz CT molecular complexity index is 1210. The Morgan fingerprint density at radius 2 is 2.15 bits per heavy atom. The lowest BCUT2D eigenvalue weighted by Gasteiger charge is -2.12. The van der Waals surface area contributed by atoms with Crippen molar-refractivity contribution in [2.45, 2.75) is 26.2 Å². The van der Waals surface area contributed by atoms with Gasteiger partial charge in [-0.15, -0.1) is 0 Å². The van der Waals surface area contributed by atoms with Gasteiger partial charge in [0.1, 0.15) is 5.82 Å². The maximum absolute atomic E-state index is 11.3. The van der Waals surface area contributed by atoms with Gasteiger partial charge in [0, 0.05) is 29.9 Å². The van der Waals surface area contributed by atoms with Crippen molar-refractivity contribution < 1.29 is 4.79 Å². The Balaban J connectivity index is 1.79. The maximum atomic E-state index is 11.3. The van der Waals surface area contributed by atoms with E-state index in [1.807, 2.05) is 12.3 Å². The second-order valence-electron chi connectivity index (χ2n) is 6.77. The summed E-state index contributed by atoms with van der Waals surface area (Å²) in [6, 6.07) is 11.7. The van der Waals surface area contributed by atoms with Gasteiger partial charge in [0.2, 0.25) is 5.91 Å². The van der Waals surface area contributed by atoms with Gasteiger partial charge < -0.3 is 15.7 Å². The minimum absolute atomic E-state index is 0.305. The Kier molecular flexibility index (Phi) is 4.13. The second kappa shape index (κ2) is 6.61. The third-order valence-corrected chi connectivity index (χ3v) is 4.89.